The van der Waals surface area contributed by atoms with Gasteiger partial charge in [0.1, 0.15) is 11.8 Å². The normalized spacial score (nSPS) is 11.8. The van der Waals surface area contributed by atoms with Gasteiger partial charge in [0.15, 0.2) is 0 Å². The minimum absolute atomic E-state index is 0.123. The maximum atomic E-state index is 13.1. The Labute approximate surface area is 178 Å². The Morgan fingerprint density at radius 3 is 2.34 bits per heavy atom. The van der Waals surface area contributed by atoms with Crippen molar-refractivity contribution < 1.29 is 14.3 Å². The Bertz CT molecular complexity index is 821. The minimum Gasteiger partial charge on any atom is -0.497 e. The molecule has 6 heteroatoms. The molecule has 156 valence electrons. The lowest BCUT2D eigenvalue weighted by Crippen LogP contribution is -2.48. The number of carbonyl (C=O) groups is 2. The maximum absolute atomic E-state index is 13.1. The second-order valence-electron chi connectivity index (χ2n) is 7.49. The average Bonchev–Trinajstić information content (AvgIpc) is 2.70. The van der Waals surface area contributed by atoms with E-state index in [0.29, 0.717) is 24.0 Å². The largest absolute Gasteiger partial charge is 0.497 e. The van der Waals surface area contributed by atoms with Gasteiger partial charge in [0.2, 0.25) is 11.8 Å². The molecule has 1 atom stereocenters. The third-order valence-electron chi connectivity index (χ3n) is 4.61. The summed E-state index contributed by atoms with van der Waals surface area (Å²) in [5, 5.41) is 3.52. The number of nitrogens with one attached hydrogen (secondary N) is 1. The zero-order valence-electron chi connectivity index (χ0n) is 17.4. The van der Waals surface area contributed by atoms with Crippen molar-refractivity contribution in [3.63, 3.8) is 0 Å². The van der Waals surface area contributed by atoms with Gasteiger partial charge >= 0.3 is 0 Å². The van der Waals surface area contributed by atoms with Crippen molar-refractivity contribution in [2.24, 2.45) is 5.92 Å². The van der Waals surface area contributed by atoms with Gasteiger partial charge in [0, 0.05) is 18.1 Å². The highest BCUT2D eigenvalue weighted by Crippen LogP contribution is 2.17. The first-order valence-corrected chi connectivity index (χ1v) is 10.1. The zero-order chi connectivity index (χ0) is 21.4. The molecule has 0 bridgehead atoms. The molecule has 0 saturated carbocycles. The van der Waals surface area contributed by atoms with Crippen LogP contribution < -0.4 is 10.1 Å². The molecular formula is C23H29ClN2O3. The molecule has 29 heavy (non-hydrogen) atoms. The number of ether oxygens (including phenoxy) is 1. The predicted octanol–water partition coefficient (Wildman–Crippen LogP) is 4.08. The Hall–Kier alpha value is -2.53. The third kappa shape index (κ3) is 7.09. The number of hydrogen-bond donors (Lipinski definition) is 1. The molecule has 1 N–H and O–H groups in total. The van der Waals surface area contributed by atoms with Crippen LogP contribution in [-0.4, -0.2) is 36.4 Å². The Balaban J connectivity index is 2.19. The van der Waals surface area contributed by atoms with Crippen molar-refractivity contribution in [3.8, 4) is 5.75 Å². The van der Waals surface area contributed by atoms with E-state index < -0.39 is 6.04 Å². The van der Waals surface area contributed by atoms with Crippen LogP contribution in [0.15, 0.2) is 48.5 Å². The first-order chi connectivity index (χ1) is 13.8. The first kappa shape index (κ1) is 22.8. The molecule has 0 aliphatic rings. The van der Waals surface area contributed by atoms with Gasteiger partial charge in [-0.1, -0.05) is 49.7 Å². The van der Waals surface area contributed by atoms with Crippen LogP contribution in [0.4, 0.5) is 0 Å². The van der Waals surface area contributed by atoms with Crippen LogP contribution in [0.5, 0.6) is 5.75 Å². The molecule has 2 rings (SSSR count). The van der Waals surface area contributed by atoms with E-state index in [1.165, 1.54) is 0 Å². The number of benzene rings is 2. The van der Waals surface area contributed by atoms with Crippen molar-refractivity contribution in [3.05, 3.63) is 64.7 Å². The highest BCUT2D eigenvalue weighted by molar-refractivity contribution is 6.30. The van der Waals surface area contributed by atoms with Crippen molar-refractivity contribution in [1.82, 2.24) is 10.2 Å². The Morgan fingerprint density at radius 1 is 1.07 bits per heavy atom. The lowest BCUT2D eigenvalue weighted by molar-refractivity contribution is -0.140. The molecule has 0 spiro atoms. The molecule has 2 aromatic rings. The fourth-order valence-electron chi connectivity index (χ4n) is 2.89. The summed E-state index contributed by atoms with van der Waals surface area (Å²) in [6.07, 6.45) is 0.201. The molecule has 0 unspecified atom stereocenters. The summed E-state index contributed by atoms with van der Waals surface area (Å²) in [5.41, 5.74) is 1.74. The lowest BCUT2D eigenvalue weighted by Gasteiger charge is -2.29. The molecule has 0 radical (unpaired) electrons. The van der Waals surface area contributed by atoms with E-state index in [1.54, 1.807) is 25.0 Å². The number of hydrogen-bond acceptors (Lipinski definition) is 3. The van der Waals surface area contributed by atoms with E-state index in [9.17, 15) is 9.59 Å². The highest BCUT2D eigenvalue weighted by atomic mass is 35.5. The fraction of sp³-hybridized carbons (Fsp3) is 0.391. The first-order valence-electron chi connectivity index (χ1n) is 9.74. The number of rotatable bonds is 9. The molecule has 0 aromatic heterocycles. The minimum atomic E-state index is -0.599. The second-order valence-corrected chi connectivity index (χ2v) is 7.93. The zero-order valence-corrected chi connectivity index (χ0v) is 18.2. The van der Waals surface area contributed by atoms with Gasteiger partial charge < -0.3 is 15.0 Å². The topological polar surface area (TPSA) is 58.6 Å². The van der Waals surface area contributed by atoms with Crippen LogP contribution in [0.3, 0.4) is 0 Å². The van der Waals surface area contributed by atoms with Crippen molar-refractivity contribution >= 4 is 23.4 Å². The number of amides is 2. The SMILES string of the molecule is COc1ccc(CC(=O)N(Cc2cccc(Cl)c2)[C@@H](C)C(=O)NCC(C)C)cc1. The summed E-state index contributed by atoms with van der Waals surface area (Å²) in [4.78, 5) is 27.4. The lowest BCUT2D eigenvalue weighted by atomic mass is 10.1. The van der Waals surface area contributed by atoms with Crippen LogP contribution in [0.1, 0.15) is 31.9 Å². The van der Waals surface area contributed by atoms with Crippen molar-refractivity contribution in [1.29, 1.82) is 0 Å². The number of nitrogens with zero attached hydrogens (tertiary/aromatic N) is 1. The van der Waals surface area contributed by atoms with Crippen LogP contribution >= 0.6 is 11.6 Å². The van der Waals surface area contributed by atoms with Crippen molar-refractivity contribution in [2.45, 2.75) is 39.8 Å². The Morgan fingerprint density at radius 2 is 1.76 bits per heavy atom. The maximum Gasteiger partial charge on any atom is 0.242 e. The summed E-state index contributed by atoms with van der Waals surface area (Å²) in [7, 11) is 1.60. The average molecular weight is 417 g/mol. The highest BCUT2D eigenvalue weighted by Gasteiger charge is 2.26. The van der Waals surface area contributed by atoms with Crippen LogP contribution in [0.2, 0.25) is 5.02 Å². The van der Waals surface area contributed by atoms with Crippen molar-refractivity contribution in [2.75, 3.05) is 13.7 Å². The smallest absolute Gasteiger partial charge is 0.242 e. The summed E-state index contributed by atoms with van der Waals surface area (Å²) in [6.45, 7) is 6.70. The van der Waals surface area contributed by atoms with Crippen LogP contribution in [0.25, 0.3) is 0 Å². The summed E-state index contributed by atoms with van der Waals surface area (Å²) >= 11 is 6.10. The van der Waals surface area contributed by atoms with Gasteiger partial charge in [-0.2, -0.15) is 0 Å². The summed E-state index contributed by atoms with van der Waals surface area (Å²) in [5.74, 6) is 0.784. The predicted molar refractivity (Wildman–Crippen MR) is 116 cm³/mol. The quantitative estimate of drug-likeness (QED) is 0.670. The molecule has 0 saturated heterocycles. The standard InChI is InChI=1S/C23H29ClN2O3/c1-16(2)14-25-23(28)17(3)26(15-19-6-5-7-20(24)12-19)22(27)13-18-8-10-21(29-4)11-9-18/h5-12,16-17H,13-15H2,1-4H3,(H,25,28)/t17-/m0/s1. The van der Waals surface area contributed by atoms with E-state index in [4.69, 9.17) is 16.3 Å². The molecular weight excluding hydrogens is 388 g/mol. The van der Waals surface area contributed by atoms with Gasteiger partial charge in [-0.05, 0) is 48.2 Å². The van der Waals surface area contributed by atoms with Gasteiger partial charge in [0.05, 0.1) is 13.5 Å². The molecule has 0 heterocycles. The van der Waals surface area contributed by atoms with E-state index in [1.807, 2.05) is 56.3 Å². The second kappa shape index (κ2) is 10.9. The Kier molecular flexibility index (Phi) is 8.52. The molecule has 2 amide bonds. The van der Waals surface area contributed by atoms with Gasteiger partial charge in [0.25, 0.3) is 0 Å². The fourth-order valence-corrected chi connectivity index (χ4v) is 3.10. The summed E-state index contributed by atoms with van der Waals surface area (Å²) < 4.78 is 5.17. The molecule has 0 fully saturated rings. The van der Waals surface area contributed by atoms with Gasteiger partial charge in [-0.15, -0.1) is 0 Å². The molecule has 5 nitrogen and oxygen atoms in total. The van der Waals surface area contributed by atoms with Gasteiger partial charge in [-0.25, -0.2) is 0 Å². The van der Waals surface area contributed by atoms with E-state index in [0.717, 1.165) is 16.9 Å². The molecule has 0 aliphatic heterocycles. The molecule has 0 aliphatic carbocycles. The molecule has 2 aromatic carbocycles. The van der Waals surface area contributed by atoms with Crippen LogP contribution in [-0.2, 0) is 22.6 Å². The van der Waals surface area contributed by atoms with Crippen LogP contribution in [0, 0.1) is 5.92 Å². The van der Waals surface area contributed by atoms with E-state index in [2.05, 4.69) is 5.32 Å². The number of carbonyl (C=O) groups excluding carboxylic acids is 2. The number of halogens is 1. The number of methoxy groups -OCH3 is 1. The van der Waals surface area contributed by atoms with E-state index in [-0.39, 0.29) is 18.2 Å². The summed E-state index contributed by atoms with van der Waals surface area (Å²) in [6, 6.07) is 14.1. The van der Waals surface area contributed by atoms with Gasteiger partial charge in [-0.3, -0.25) is 9.59 Å². The third-order valence-corrected chi connectivity index (χ3v) is 4.84. The monoisotopic (exact) mass is 416 g/mol. The van der Waals surface area contributed by atoms with E-state index >= 15 is 0 Å².